The Balaban J connectivity index is 1.62. The Bertz CT molecular complexity index is 744. The van der Waals surface area contributed by atoms with Gasteiger partial charge < -0.3 is 19.7 Å². The van der Waals surface area contributed by atoms with Crippen molar-refractivity contribution in [3.05, 3.63) is 41.7 Å². The van der Waals surface area contributed by atoms with Crippen molar-refractivity contribution in [1.29, 1.82) is 0 Å². The summed E-state index contributed by atoms with van der Waals surface area (Å²) in [6.45, 7) is 3.77. The fourth-order valence-corrected chi connectivity index (χ4v) is 2.73. The molecule has 1 aliphatic heterocycles. The summed E-state index contributed by atoms with van der Waals surface area (Å²) >= 11 is 0. The molecule has 2 aromatic rings. The maximum atomic E-state index is 12.4. The molecule has 0 fully saturated rings. The van der Waals surface area contributed by atoms with Crippen LogP contribution < -0.4 is 14.8 Å². The molecule has 0 spiro atoms. The highest BCUT2D eigenvalue weighted by Gasteiger charge is 2.17. The number of aromatic nitrogens is 2. The van der Waals surface area contributed by atoms with Crippen molar-refractivity contribution < 1.29 is 14.3 Å². The Labute approximate surface area is 147 Å². The molecule has 0 bridgehead atoms. The van der Waals surface area contributed by atoms with E-state index in [4.69, 9.17) is 9.47 Å². The third-order valence-electron chi connectivity index (χ3n) is 4.14. The summed E-state index contributed by atoms with van der Waals surface area (Å²) in [5.74, 6) is 1.49. The molecule has 0 saturated carbocycles. The van der Waals surface area contributed by atoms with E-state index in [1.807, 2.05) is 38.4 Å². The summed E-state index contributed by atoms with van der Waals surface area (Å²) in [6, 6.07) is 5.52. The Kier molecular flexibility index (Phi) is 5.11. The van der Waals surface area contributed by atoms with E-state index in [1.54, 1.807) is 22.8 Å². The number of aryl methyl sites for hydroxylation is 1. The Morgan fingerprint density at radius 3 is 2.84 bits per heavy atom. The molecule has 3 rings (SSSR count). The average Bonchev–Trinajstić information content (AvgIpc) is 2.86. The molecule has 0 saturated heterocycles. The minimum atomic E-state index is -0.138. The number of nitrogens with one attached hydrogen (secondary N) is 1. The number of hydrogen-bond donors (Lipinski definition) is 1. The number of fused-ring (bicyclic) bond motifs is 1. The molecule has 1 aliphatic rings. The SMILES string of the molecule is CC(NC(=O)N(C)Cc1cnn(C)c1)c1ccc2c(c1)OCCCO2. The van der Waals surface area contributed by atoms with Gasteiger partial charge in [0.1, 0.15) is 0 Å². The molecule has 0 radical (unpaired) electrons. The van der Waals surface area contributed by atoms with Crippen molar-refractivity contribution >= 4 is 6.03 Å². The van der Waals surface area contributed by atoms with Gasteiger partial charge >= 0.3 is 6.03 Å². The smallest absolute Gasteiger partial charge is 0.317 e. The minimum absolute atomic E-state index is 0.136. The molecule has 2 heterocycles. The van der Waals surface area contributed by atoms with Crippen LogP contribution in [-0.4, -0.2) is 41.0 Å². The second kappa shape index (κ2) is 7.46. The van der Waals surface area contributed by atoms with Gasteiger partial charge in [-0.15, -0.1) is 0 Å². The number of nitrogens with zero attached hydrogens (tertiary/aromatic N) is 3. The maximum Gasteiger partial charge on any atom is 0.317 e. The Morgan fingerprint density at radius 1 is 1.36 bits per heavy atom. The van der Waals surface area contributed by atoms with Crippen LogP contribution in [0.2, 0.25) is 0 Å². The zero-order valence-corrected chi connectivity index (χ0v) is 14.9. The van der Waals surface area contributed by atoms with Gasteiger partial charge in [-0.1, -0.05) is 6.07 Å². The first-order valence-corrected chi connectivity index (χ1v) is 8.41. The standard InChI is InChI=1S/C18H24N4O3/c1-13(15-5-6-16-17(9-15)25-8-4-7-24-16)20-18(23)21(2)11-14-10-19-22(3)12-14/h5-6,9-10,12-13H,4,7-8,11H2,1-3H3,(H,20,23). The summed E-state index contributed by atoms with van der Waals surface area (Å²) in [5.41, 5.74) is 1.97. The van der Waals surface area contributed by atoms with Crippen LogP contribution in [0, 0.1) is 0 Å². The molecule has 2 amide bonds. The number of rotatable bonds is 4. The van der Waals surface area contributed by atoms with Crippen LogP contribution in [0.5, 0.6) is 11.5 Å². The van der Waals surface area contributed by atoms with E-state index in [0.717, 1.165) is 29.0 Å². The first kappa shape index (κ1) is 17.1. The zero-order chi connectivity index (χ0) is 17.8. The fraction of sp³-hybridized carbons (Fsp3) is 0.444. The predicted molar refractivity (Wildman–Crippen MR) is 93.7 cm³/mol. The molecule has 1 unspecified atom stereocenters. The van der Waals surface area contributed by atoms with Gasteiger partial charge in [0.25, 0.3) is 0 Å². The summed E-state index contributed by atoms with van der Waals surface area (Å²) < 4.78 is 13.1. The molecule has 7 heteroatoms. The van der Waals surface area contributed by atoms with Crippen molar-refractivity contribution in [2.45, 2.75) is 25.9 Å². The first-order chi connectivity index (χ1) is 12.0. The largest absolute Gasteiger partial charge is 0.490 e. The van der Waals surface area contributed by atoms with E-state index in [2.05, 4.69) is 10.4 Å². The molecule has 1 atom stereocenters. The van der Waals surface area contributed by atoms with E-state index < -0.39 is 0 Å². The molecular formula is C18H24N4O3. The number of hydrogen-bond acceptors (Lipinski definition) is 4. The van der Waals surface area contributed by atoms with Gasteiger partial charge in [-0.3, -0.25) is 4.68 Å². The summed E-state index contributed by atoms with van der Waals surface area (Å²) in [5, 5.41) is 7.13. The first-order valence-electron chi connectivity index (χ1n) is 8.41. The number of amides is 2. The summed E-state index contributed by atoms with van der Waals surface area (Å²) in [4.78, 5) is 14.0. The fourth-order valence-electron chi connectivity index (χ4n) is 2.73. The quantitative estimate of drug-likeness (QED) is 0.925. The molecule has 25 heavy (non-hydrogen) atoms. The molecule has 1 aromatic carbocycles. The van der Waals surface area contributed by atoms with Gasteiger partial charge in [0, 0.05) is 32.3 Å². The maximum absolute atomic E-state index is 12.4. The minimum Gasteiger partial charge on any atom is -0.490 e. The topological polar surface area (TPSA) is 68.6 Å². The van der Waals surface area contributed by atoms with Crippen molar-refractivity contribution in [2.24, 2.45) is 7.05 Å². The van der Waals surface area contributed by atoms with Crippen LogP contribution in [0.25, 0.3) is 0 Å². The number of carbonyl (C=O) groups is 1. The lowest BCUT2D eigenvalue weighted by atomic mass is 10.1. The number of benzene rings is 1. The van der Waals surface area contributed by atoms with Crippen LogP contribution in [-0.2, 0) is 13.6 Å². The zero-order valence-electron chi connectivity index (χ0n) is 14.9. The lowest BCUT2D eigenvalue weighted by Gasteiger charge is -2.21. The highest BCUT2D eigenvalue weighted by atomic mass is 16.5. The number of carbonyl (C=O) groups excluding carboxylic acids is 1. The molecule has 7 nitrogen and oxygen atoms in total. The monoisotopic (exact) mass is 344 g/mol. The van der Waals surface area contributed by atoms with Crippen LogP contribution in [0.3, 0.4) is 0 Å². The molecular weight excluding hydrogens is 320 g/mol. The molecule has 1 aromatic heterocycles. The third kappa shape index (κ3) is 4.23. The lowest BCUT2D eigenvalue weighted by molar-refractivity contribution is 0.203. The lowest BCUT2D eigenvalue weighted by Crippen LogP contribution is -2.38. The Hall–Kier alpha value is -2.70. The van der Waals surface area contributed by atoms with E-state index in [1.165, 1.54) is 0 Å². The van der Waals surface area contributed by atoms with Crippen molar-refractivity contribution in [3.63, 3.8) is 0 Å². The van der Waals surface area contributed by atoms with E-state index in [9.17, 15) is 4.79 Å². The highest BCUT2D eigenvalue weighted by molar-refractivity contribution is 5.74. The number of ether oxygens (including phenoxy) is 2. The van der Waals surface area contributed by atoms with Crippen molar-refractivity contribution in [1.82, 2.24) is 20.0 Å². The van der Waals surface area contributed by atoms with Crippen molar-refractivity contribution in [3.8, 4) is 11.5 Å². The van der Waals surface area contributed by atoms with E-state index in [-0.39, 0.29) is 12.1 Å². The highest BCUT2D eigenvalue weighted by Crippen LogP contribution is 2.32. The average molecular weight is 344 g/mol. The van der Waals surface area contributed by atoms with Crippen LogP contribution >= 0.6 is 0 Å². The van der Waals surface area contributed by atoms with Crippen LogP contribution in [0.4, 0.5) is 4.79 Å². The van der Waals surface area contributed by atoms with E-state index >= 15 is 0 Å². The van der Waals surface area contributed by atoms with Crippen LogP contribution in [0.15, 0.2) is 30.6 Å². The van der Waals surface area contributed by atoms with Gasteiger partial charge in [0.15, 0.2) is 11.5 Å². The third-order valence-corrected chi connectivity index (χ3v) is 4.14. The summed E-state index contributed by atoms with van der Waals surface area (Å²) in [6.07, 6.45) is 4.53. The van der Waals surface area contributed by atoms with Gasteiger partial charge in [0.2, 0.25) is 0 Å². The number of urea groups is 1. The molecule has 1 N–H and O–H groups in total. The van der Waals surface area contributed by atoms with Gasteiger partial charge in [0.05, 0.1) is 32.0 Å². The second-order valence-electron chi connectivity index (χ2n) is 6.31. The van der Waals surface area contributed by atoms with Gasteiger partial charge in [-0.05, 0) is 24.6 Å². The summed E-state index contributed by atoms with van der Waals surface area (Å²) in [7, 11) is 3.62. The van der Waals surface area contributed by atoms with Gasteiger partial charge in [-0.25, -0.2) is 4.79 Å². The van der Waals surface area contributed by atoms with Crippen molar-refractivity contribution in [2.75, 3.05) is 20.3 Å². The molecule has 0 aliphatic carbocycles. The normalized spacial score (nSPS) is 14.5. The predicted octanol–water partition coefficient (Wildman–Crippen LogP) is 2.48. The van der Waals surface area contributed by atoms with E-state index in [0.29, 0.717) is 19.8 Å². The van der Waals surface area contributed by atoms with Crippen LogP contribution in [0.1, 0.15) is 30.5 Å². The second-order valence-corrected chi connectivity index (χ2v) is 6.31. The van der Waals surface area contributed by atoms with Gasteiger partial charge in [-0.2, -0.15) is 5.10 Å². The molecule has 134 valence electrons. The Morgan fingerprint density at radius 2 is 2.12 bits per heavy atom.